The van der Waals surface area contributed by atoms with Crippen LogP contribution in [0, 0.1) is 0 Å². The highest BCUT2D eigenvalue weighted by Gasteiger charge is 2.05. The van der Waals surface area contributed by atoms with Crippen LogP contribution < -0.4 is 5.32 Å². The van der Waals surface area contributed by atoms with Crippen molar-refractivity contribution in [1.29, 1.82) is 0 Å². The highest BCUT2D eigenvalue weighted by atomic mass is 35.5. The third-order valence-corrected chi connectivity index (χ3v) is 3.32. The number of nitrogens with zero attached hydrogens (tertiary/aromatic N) is 2. The quantitative estimate of drug-likeness (QED) is 0.851. The lowest BCUT2D eigenvalue weighted by molar-refractivity contribution is 0.577. The lowest BCUT2D eigenvalue weighted by Crippen LogP contribution is -2.17. The fourth-order valence-electron chi connectivity index (χ4n) is 1.34. The van der Waals surface area contributed by atoms with Gasteiger partial charge in [0.2, 0.25) is 0 Å². The Bertz CT molecular complexity index is 427. The summed E-state index contributed by atoms with van der Waals surface area (Å²) in [6, 6.07) is 4.05. The number of aromatic nitrogens is 2. The molecule has 16 heavy (non-hydrogen) atoms. The van der Waals surface area contributed by atoms with Crippen LogP contribution in [0.5, 0.6) is 0 Å². The van der Waals surface area contributed by atoms with Gasteiger partial charge in [-0.3, -0.25) is 4.98 Å². The molecule has 84 valence electrons. The third-order valence-electron chi connectivity index (χ3n) is 2.32. The molecule has 0 fully saturated rings. The molecule has 0 spiro atoms. The molecule has 0 aliphatic rings. The van der Waals surface area contributed by atoms with Crippen molar-refractivity contribution in [2.45, 2.75) is 19.5 Å². The van der Waals surface area contributed by atoms with Gasteiger partial charge in [0, 0.05) is 29.9 Å². The monoisotopic (exact) mass is 253 g/mol. The van der Waals surface area contributed by atoms with E-state index < -0.39 is 0 Å². The Kier molecular flexibility index (Phi) is 3.88. The molecule has 1 unspecified atom stereocenters. The zero-order valence-corrected chi connectivity index (χ0v) is 10.4. The van der Waals surface area contributed by atoms with E-state index in [0.717, 1.165) is 12.1 Å². The van der Waals surface area contributed by atoms with Crippen LogP contribution in [0.1, 0.15) is 23.4 Å². The van der Waals surface area contributed by atoms with Gasteiger partial charge in [0.1, 0.15) is 5.15 Å². The first-order valence-electron chi connectivity index (χ1n) is 4.98. The number of hydrogen-bond donors (Lipinski definition) is 1. The Morgan fingerprint density at radius 2 is 2.31 bits per heavy atom. The van der Waals surface area contributed by atoms with Crippen LogP contribution in [0.2, 0.25) is 5.15 Å². The number of nitrogens with one attached hydrogen (secondary N) is 1. The molecule has 0 bridgehead atoms. The third kappa shape index (κ3) is 3.01. The van der Waals surface area contributed by atoms with Crippen molar-refractivity contribution in [2.75, 3.05) is 0 Å². The van der Waals surface area contributed by atoms with Crippen molar-refractivity contribution < 1.29 is 0 Å². The Balaban J connectivity index is 1.93. The molecule has 1 N–H and O–H groups in total. The van der Waals surface area contributed by atoms with Crippen molar-refractivity contribution in [1.82, 2.24) is 15.3 Å². The van der Waals surface area contributed by atoms with Gasteiger partial charge in [0.15, 0.2) is 0 Å². The molecule has 1 atom stereocenters. The topological polar surface area (TPSA) is 37.8 Å². The molecule has 0 aliphatic carbocycles. The predicted octanol–water partition coefficient (Wildman–Crippen LogP) is 3.04. The molecule has 0 saturated carbocycles. The first-order valence-corrected chi connectivity index (χ1v) is 6.23. The van der Waals surface area contributed by atoms with Gasteiger partial charge >= 0.3 is 0 Å². The van der Waals surface area contributed by atoms with Gasteiger partial charge in [0.05, 0.1) is 5.51 Å². The van der Waals surface area contributed by atoms with Crippen LogP contribution in [0.15, 0.2) is 30.0 Å². The summed E-state index contributed by atoms with van der Waals surface area (Å²) >= 11 is 7.39. The fourth-order valence-corrected chi connectivity index (χ4v) is 2.00. The van der Waals surface area contributed by atoms with Gasteiger partial charge in [-0.05, 0) is 18.6 Å². The highest BCUT2D eigenvalue weighted by molar-refractivity contribution is 7.09. The highest BCUT2D eigenvalue weighted by Crippen LogP contribution is 2.14. The predicted molar refractivity (Wildman–Crippen MR) is 66.6 cm³/mol. The molecule has 0 aromatic carbocycles. The molecule has 0 amide bonds. The fraction of sp³-hybridized carbons (Fsp3) is 0.273. The van der Waals surface area contributed by atoms with Crippen LogP contribution >= 0.6 is 22.9 Å². The first-order chi connectivity index (χ1) is 7.75. The molecular weight excluding hydrogens is 242 g/mol. The van der Waals surface area contributed by atoms with Gasteiger partial charge in [0.25, 0.3) is 0 Å². The maximum absolute atomic E-state index is 5.74. The summed E-state index contributed by atoms with van der Waals surface area (Å²) in [6.07, 6.45) is 3.68. The average Bonchev–Trinajstić information content (AvgIpc) is 2.80. The molecule has 2 aromatic heterocycles. The van der Waals surface area contributed by atoms with E-state index in [0.29, 0.717) is 5.15 Å². The van der Waals surface area contributed by atoms with Crippen molar-refractivity contribution in [3.8, 4) is 0 Å². The molecule has 2 heterocycles. The summed E-state index contributed by atoms with van der Waals surface area (Å²) in [7, 11) is 0. The number of halogens is 1. The minimum absolute atomic E-state index is 0.256. The smallest absolute Gasteiger partial charge is 0.129 e. The number of rotatable bonds is 4. The Hall–Kier alpha value is -0.970. The Morgan fingerprint density at radius 1 is 1.44 bits per heavy atom. The SMILES string of the molecule is CC(NCc1cncs1)c1ccc(Cl)nc1. The first kappa shape index (κ1) is 11.5. The molecule has 2 rings (SSSR count). The standard InChI is InChI=1S/C11H12ClN3S/c1-8(9-2-3-11(12)15-4-9)14-6-10-5-13-7-16-10/h2-5,7-8,14H,6H2,1H3. The van der Waals surface area contributed by atoms with Crippen LogP contribution in [0.25, 0.3) is 0 Å². The van der Waals surface area contributed by atoms with Gasteiger partial charge in [-0.25, -0.2) is 4.98 Å². The van der Waals surface area contributed by atoms with Crippen molar-refractivity contribution in [2.24, 2.45) is 0 Å². The lowest BCUT2D eigenvalue weighted by atomic mass is 10.1. The van der Waals surface area contributed by atoms with E-state index in [9.17, 15) is 0 Å². The minimum Gasteiger partial charge on any atom is -0.305 e. The summed E-state index contributed by atoms with van der Waals surface area (Å²) in [4.78, 5) is 9.32. The maximum Gasteiger partial charge on any atom is 0.129 e. The van der Waals surface area contributed by atoms with Crippen LogP contribution in [-0.4, -0.2) is 9.97 Å². The van der Waals surface area contributed by atoms with E-state index in [1.807, 2.05) is 23.8 Å². The van der Waals surface area contributed by atoms with Gasteiger partial charge < -0.3 is 5.32 Å². The molecule has 2 aromatic rings. The number of thiazole rings is 1. The van der Waals surface area contributed by atoms with Crippen LogP contribution in [0.3, 0.4) is 0 Å². The summed E-state index contributed by atoms with van der Waals surface area (Å²) in [5.74, 6) is 0. The molecule has 0 saturated heterocycles. The van der Waals surface area contributed by atoms with Gasteiger partial charge in [-0.2, -0.15) is 0 Å². The molecule has 0 aliphatic heterocycles. The van der Waals surface area contributed by atoms with Crippen molar-refractivity contribution >= 4 is 22.9 Å². The normalized spacial score (nSPS) is 12.6. The van der Waals surface area contributed by atoms with Gasteiger partial charge in [-0.1, -0.05) is 17.7 Å². The largest absolute Gasteiger partial charge is 0.305 e. The maximum atomic E-state index is 5.74. The minimum atomic E-state index is 0.256. The van der Waals surface area contributed by atoms with E-state index in [1.54, 1.807) is 17.5 Å². The molecular formula is C11H12ClN3S. The number of pyridine rings is 1. The molecule has 0 radical (unpaired) electrons. The second-order valence-corrected chi connectivity index (χ2v) is 4.84. The number of hydrogen-bond acceptors (Lipinski definition) is 4. The van der Waals surface area contributed by atoms with Gasteiger partial charge in [-0.15, -0.1) is 11.3 Å². The second-order valence-electron chi connectivity index (χ2n) is 3.48. The van der Waals surface area contributed by atoms with E-state index in [1.165, 1.54) is 4.88 Å². The van der Waals surface area contributed by atoms with E-state index >= 15 is 0 Å². The molecule has 3 nitrogen and oxygen atoms in total. The summed E-state index contributed by atoms with van der Waals surface area (Å²) in [6.45, 7) is 2.93. The van der Waals surface area contributed by atoms with Crippen molar-refractivity contribution in [3.63, 3.8) is 0 Å². The van der Waals surface area contributed by atoms with E-state index in [2.05, 4.69) is 22.2 Å². The second kappa shape index (κ2) is 5.39. The summed E-state index contributed by atoms with van der Waals surface area (Å²) in [5.41, 5.74) is 2.97. The van der Waals surface area contributed by atoms with Crippen LogP contribution in [0.4, 0.5) is 0 Å². The Morgan fingerprint density at radius 3 is 2.94 bits per heavy atom. The van der Waals surface area contributed by atoms with Crippen molar-refractivity contribution in [3.05, 3.63) is 45.6 Å². The average molecular weight is 254 g/mol. The zero-order chi connectivity index (χ0) is 11.4. The van der Waals surface area contributed by atoms with E-state index in [4.69, 9.17) is 11.6 Å². The molecule has 5 heteroatoms. The van der Waals surface area contributed by atoms with Crippen LogP contribution in [-0.2, 0) is 6.54 Å². The summed E-state index contributed by atoms with van der Waals surface area (Å²) < 4.78 is 0. The zero-order valence-electron chi connectivity index (χ0n) is 8.85. The Labute approximate surface area is 104 Å². The lowest BCUT2D eigenvalue weighted by Gasteiger charge is -2.12. The summed E-state index contributed by atoms with van der Waals surface area (Å²) in [5, 5.41) is 3.93. The van der Waals surface area contributed by atoms with E-state index in [-0.39, 0.29) is 6.04 Å².